The number of anilines is 2. The molecule has 0 saturated carbocycles. The van der Waals surface area contributed by atoms with Gasteiger partial charge in [0.25, 0.3) is 0 Å². The fourth-order valence-corrected chi connectivity index (χ4v) is 3.87. The second-order valence-electron chi connectivity index (χ2n) is 7.40. The summed E-state index contributed by atoms with van der Waals surface area (Å²) in [6.45, 7) is 7.32. The lowest BCUT2D eigenvalue weighted by Crippen LogP contribution is -2.49. The Bertz CT molecular complexity index is 704. The number of amides is 1. The first-order valence-electron chi connectivity index (χ1n) is 10.0. The Morgan fingerprint density at radius 2 is 2.19 bits per heavy atom. The lowest BCUT2D eigenvalue weighted by Gasteiger charge is -2.35. The lowest BCUT2D eigenvalue weighted by atomic mass is 9.84. The molecule has 0 fully saturated rings. The summed E-state index contributed by atoms with van der Waals surface area (Å²) in [5.74, 6) is -0.0757. The molecule has 0 bridgehead atoms. The standard InChI is InChI=1S/C20H32N6O/c1-4-10-25(3)13-22-14-7-8-17-15(12-14)19-18(16(5-2)23-24-19)20(27)26(17)11-6-9-21/h7-8,12,16,18,22-23H,4-6,9-11,13,21H2,1-3H3. The summed E-state index contributed by atoms with van der Waals surface area (Å²) in [4.78, 5) is 17.3. The first-order valence-corrected chi connectivity index (χ1v) is 10.0. The SMILES string of the molecule is CCCN(C)CNc1ccc2c(c1)C1=NNC(CC)C1C(=O)N2CCCN. The molecule has 7 heteroatoms. The van der Waals surface area contributed by atoms with Crippen molar-refractivity contribution < 1.29 is 4.79 Å². The quantitative estimate of drug-likeness (QED) is 0.576. The van der Waals surface area contributed by atoms with Crippen molar-refractivity contribution in [2.75, 3.05) is 43.6 Å². The molecule has 2 unspecified atom stereocenters. The number of nitrogens with two attached hydrogens (primary N) is 1. The second-order valence-corrected chi connectivity index (χ2v) is 7.40. The van der Waals surface area contributed by atoms with Crippen LogP contribution >= 0.6 is 0 Å². The summed E-state index contributed by atoms with van der Waals surface area (Å²) < 4.78 is 0. The minimum atomic E-state index is -0.210. The van der Waals surface area contributed by atoms with E-state index in [0.717, 1.165) is 55.1 Å². The van der Waals surface area contributed by atoms with Crippen LogP contribution in [-0.2, 0) is 4.79 Å². The highest BCUT2D eigenvalue weighted by Gasteiger charge is 2.44. The maximum atomic E-state index is 13.2. The molecular weight excluding hydrogens is 340 g/mol. The van der Waals surface area contributed by atoms with Crippen LogP contribution < -0.4 is 21.4 Å². The zero-order valence-corrected chi connectivity index (χ0v) is 16.7. The van der Waals surface area contributed by atoms with E-state index in [1.807, 2.05) is 17.0 Å². The minimum absolute atomic E-state index is 0.0633. The first-order chi connectivity index (χ1) is 13.1. The van der Waals surface area contributed by atoms with Gasteiger partial charge in [0.1, 0.15) is 5.92 Å². The van der Waals surface area contributed by atoms with Crippen molar-refractivity contribution in [3.63, 3.8) is 0 Å². The van der Waals surface area contributed by atoms with Gasteiger partial charge < -0.3 is 21.4 Å². The first kappa shape index (κ1) is 19.6. The molecule has 0 aromatic heterocycles. The van der Waals surface area contributed by atoms with Crippen LogP contribution in [0.4, 0.5) is 11.4 Å². The number of rotatable bonds is 9. The topological polar surface area (TPSA) is 86.0 Å². The Labute approximate surface area is 162 Å². The third-order valence-electron chi connectivity index (χ3n) is 5.33. The molecule has 0 saturated heterocycles. The smallest absolute Gasteiger partial charge is 0.238 e. The monoisotopic (exact) mass is 372 g/mol. The number of carbonyl (C=O) groups excluding carboxylic acids is 1. The van der Waals surface area contributed by atoms with Crippen LogP contribution in [-0.4, -0.2) is 55.9 Å². The molecule has 148 valence electrons. The number of nitrogens with zero attached hydrogens (tertiary/aromatic N) is 3. The number of nitrogens with one attached hydrogen (secondary N) is 2. The number of hydrazone groups is 1. The molecule has 2 aliphatic rings. The Morgan fingerprint density at radius 1 is 1.37 bits per heavy atom. The average molecular weight is 373 g/mol. The van der Waals surface area contributed by atoms with Crippen LogP contribution in [0.5, 0.6) is 0 Å². The Morgan fingerprint density at radius 3 is 2.89 bits per heavy atom. The molecule has 1 aromatic rings. The molecule has 2 aliphatic heterocycles. The van der Waals surface area contributed by atoms with Crippen molar-refractivity contribution in [2.24, 2.45) is 16.8 Å². The van der Waals surface area contributed by atoms with E-state index in [9.17, 15) is 4.79 Å². The van der Waals surface area contributed by atoms with Gasteiger partial charge in [0.2, 0.25) is 5.91 Å². The minimum Gasteiger partial charge on any atom is -0.372 e. The van der Waals surface area contributed by atoms with Crippen LogP contribution in [0, 0.1) is 5.92 Å². The molecule has 1 aromatic carbocycles. The van der Waals surface area contributed by atoms with Crippen molar-refractivity contribution in [2.45, 2.75) is 39.2 Å². The highest BCUT2D eigenvalue weighted by atomic mass is 16.2. The van der Waals surface area contributed by atoms with Gasteiger partial charge in [0.05, 0.1) is 24.1 Å². The highest BCUT2D eigenvalue weighted by molar-refractivity contribution is 6.25. The summed E-state index contributed by atoms with van der Waals surface area (Å²) >= 11 is 0. The van der Waals surface area contributed by atoms with Gasteiger partial charge in [0, 0.05) is 17.8 Å². The van der Waals surface area contributed by atoms with E-state index in [1.54, 1.807) is 0 Å². The molecular formula is C20H32N6O. The summed E-state index contributed by atoms with van der Waals surface area (Å²) in [5, 5.41) is 8.02. The van der Waals surface area contributed by atoms with E-state index in [4.69, 9.17) is 5.73 Å². The third kappa shape index (κ3) is 3.94. The number of benzene rings is 1. The number of fused-ring (bicyclic) bond motifs is 3. The Balaban J connectivity index is 1.89. The molecule has 2 heterocycles. The molecule has 7 nitrogen and oxygen atoms in total. The van der Waals surface area contributed by atoms with Crippen LogP contribution in [0.2, 0.25) is 0 Å². The van der Waals surface area contributed by atoms with Crippen LogP contribution in [0.15, 0.2) is 23.3 Å². The summed E-state index contributed by atoms with van der Waals surface area (Å²) in [6.07, 6.45) is 2.78. The second kappa shape index (κ2) is 8.71. The van der Waals surface area contributed by atoms with Crippen molar-refractivity contribution in [1.29, 1.82) is 0 Å². The van der Waals surface area contributed by atoms with E-state index in [-0.39, 0.29) is 17.9 Å². The molecule has 0 aliphatic carbocycles. The van der Waals surface area contributed by atoms with Crippen LogP contribution in [0.25, 0.3) is 0 Å². The fraction of sp³-hybridized carbons (Fsp3) is 0.600. The average Bonchev–Trinajstić information content (AvgIpc) is 3.11. The normalized spacial score (nSPS) is 21.0. The Hall–Kier alpha value is -2.12. The van der Waals surface area contributed by atoms with E-state index in [2.05, 4.69) is 47.7 Å². The summed E-state index contributed by atoms with van der Waals surface area (Å²) in [5.41, 5.74) is 12.8. The predicted octanol–water partition coefficient (Wildman–Crippen LogP) is 1.80. The predicted molar refractivity (Wildman–Crippen MR) is 111 cm³/mol. The van der Waals surface area contributed by atoms with Crippen molar-refractivity contribution >= 4 is 23.0 Å². The van der Waals surface area contributed by atoms with Gasteiger partial charge in [-0.1, -0.05) is 13.8 Å². The lowest BCUT2D eigenvalue weighted by molar-refractivity contribution is -0.121. The zero-order valence-electron chi connectivity index (χ0n) is 16.7. The molecule has 0 spiro atoms. The van der Waals surface area contributed by atoms with Gasteiger partial charge in [-0.15, -0.1) is 0 Å². The van der Waals surface area contributed by atoms with E-state index in [1.165, 1.54) is 0 Å². The van der Waals surface area contributed by atoms with Gasteiger partial charge in [-0.2, -0.15) is 5.10 Å². The molecule has 27 heavy (non-hydrogen) atoms. The molecule has 0 radical (unpaired) electrons. The maximum Gasteiger partial charge on any atom is 0.238 e. The summed E-state index contributed by atoms with van der Waals surface area (Å²) in [6, 6.07) is 6.27. The molecule has 1 amide bonds. The van der Waals surface area contributed by atoms with Crippen LogP contribution in [0.3, 0.4) is 0 Å². The number of hydrogen-bond acceptors (Lipinski definition) is 6. The molecule has 4 N–H and O–H groups in total. The van der Waals surface area contributed by atoms with E-state index < -0.39 is 0 Å². The number of hydrogen-bond donors (Lipinski definition) is 3. The van der Waals surface area contributed by atoms with Crippen LogP contribution in [0.1, 0.15) is 38.7 Å². The van der Waals surface area contributed by atoms with Gasteiger partial charge in [-0.05, 0) is 57.6 Å². The van der Waals surface area contributed by atoms with Crippen molar-refractivity contribution in [1.82, 2.24) is 10.3 Å². The van der Waals surface area contributed by atoms with Gasteiger partial charge >= 0.3 is 0 Å². The highest BCUT2D eigenvalue weighted by Crippen LogP contribution is 2.37. The largest absolute Gasteiger partial charge is 0.372 e. The number of carbonyl (C=O) groups is 1. The summed E-state index contributed by atoms with van der Waals surface area (Å²) in [7, 11) is 2.11. The zero-order chi connectivity index (χ0) is 19.4. The van der Waals surface area contributed by atoms with E-state index >= 15 is 0 Å². The third-order valence-corrected chi connectivity index (χ3v) is 5.33. The van der Waals surface area contributed by atoms with Gasteiger partial charge in [-0.3, -0.25) is 9.69 Å². The van der Waals surface area contributed by atoms with Crippen molar-refractivity contribution in [3.05, 3.63) is 23.8 Å². The van der Waals surface area contributed by atoms with Gasteiger partial charge in [-0.25, -0.2) is 0 Å². The van der Waals surface area contributed by atoms with Gasteiger partial charge in [0.15, 0.2) is 0 Å². The molecule has 2 atom stereocenters. The fourth-order valence-electron chi connectivity index (χ4n) is 3.87. The maximum absolute atomic E-state index is 13.2. The molecule has 3 rings (SSSR count). The van der Waals surface area contributed by atoms with Crippen molar-refractivity contribution in [3.8, 4) is 0 Å². The Kier molecular flexibility index (Phi) is 6.34. The van der Waals surface area contributed by atoms with E-state index in [0.29, 0.717) is 13.1 Å².